The van der Waals surface area contributed by atoms with Crippen LogP contribution in [0.2, 0.25) is 0 Å². The Morgan fingerprint density at radius 1 is 1.33 bits per heavy atom. The van der Waals surface area contributed by atoms with E-state index < -0.39 is 5.54 Å². The molecule has 18 heavy (non-hydrogen) atoms. The van der Waals surface area contributed by atoms with Crippen molar-refractivity contribution in [1.82, 2.24) is 15.1 Å². The van der Waals surface area contributed by atoms with E-state index in [0.29, 0.717) is 17.4 Å². The zero-order chi connectivity index (χ0) is 12.8. The predicted molar refractivity (Wildman–Crippen MR) is 72.6 cm³/mol. The summed E-state index contributed by atoms with van der Waals surface area (Å²) in [4.78, 5) is 8.62. The Morgan fingerprint density at radius 3 is 2.72 bits per heavy atom. The Balaban J connectivity index is 1.97. The monoisotopic (exact) mass is 372 g/mol. The summed E-state index contributed by atoms with van der Waals surface area (Å²) in [5.74, 6) is 0.960. The third-order valence-electron chi connectivity index (χ3n) is 3.12. The molecular formula is C11H10Br2N4O. The van der Waals surface area contributed by atoms with Crippen LogP contribution in [0.5, 0.6) is 0 Å². The van der Waals surface area contributed by atoms with Gasteiger partial charge in [0.1, 0.15) is 5.69 Å². The summed E-state index contributed by atoms with van der Waals surface area (Å²) in [6, 6.07) is 1.89. The lowest BCUT2D eigenvalue weighted by Crippen LogP contribution is -2.43. The maximum Gasteiger partial charge on any atom is 0.247 e. The van der Waals surface area contributed by atoms with Crippen LogP contribution in [0.15, 0.2) is 25.7 Å². The summed E-state index contributed by atoms with van der Waals surface area (Å²) < 4.78 is 6.95. The van der Waals surface area contributed by atoms with E-state index in [1.54, 1.807) is 6.20 Å². The number of hydrogen-bond acceptors (Lipinski definition) is 5. The highest BCUT2D eigenvalue weighted by molar-refractivity contribution is 9.11. The SMILES string of the molecule is NC1(c2nc(-c3ncc(Br)cc3Br)no2)CCC1. The molecule has 0 aromatic carbocycles. The quantitative estimate of drug-likeness (QED) is 0.875. The minimum absolute atomic E-state index is 0.437. The minimum Gasteiger partial charge on any atom is -0.337 e. The number of hydrogen-bond donors (Lipinski definition) is 1. The standard InChI is InChI=1S/C11H10Br2N4O/c12-6-4-7(13)8(15-5-6)9-16-10(18-17-9)11(14)2-1-3-11/h4-5H,1-3,14H2. The molecule has 1 aliphatic rings. The van der Waals surface area contributed by atoms with Crippen LogP contribution in [0.4, 0.5) is 0 Å². The largest absolute Gasteiger partial charge is 0.337 e. The van der Waals surface area contributed by atoms with Crippen molar-refractivity contribution in [3.63, 3.8) is 0 Å². The first-order valence-corrected chi connectivity index (χ1v) is 7.12. The van der Waals surface area contributed by atoms with Gasteiger partial charge in [-0.1, -0.05) is 5.16 Å². The maximum atomic E-state index is 6.14. The second-order valence-corrected chi connectivity index (χ2v) is 6.19. The average molecular weight is 374 g/mol. The molecule has 0 spiro atoms. The van der Waals surface area contributed by atoms with Gasteiger partial charge in [-0.2, -0.15) is 4.98 Å². The molecule has 0 saturated heterocycles. The summed E-state index contributed by atoms with van der Waals surface area (Å²) >= 11 is 6.78. The molecule has 94 valence electrons. The number of rotatable bonds is 2. The van der Waals surface area contributed by atoms with Crippen LogP contribution in [0, 0.1) is 0 Å². The van der Waals surface area contributed by atoms with Gasteiger partial charge < -0.3 is 10.3 Å². The Labute approximate surface area is 120 Å². The summed E-state index contributed by atoms with van der Waals surface area (Å²) in [7, 11) is 0. The summed E-state index contributed by atoms with van der Waals surface area (Å²) in [6.45, 7) is 0. The normalized spacial score (nSPS) is 17.5. The van der Waals surface area contributed by atoms with Crippen LogP contribution >= 0.6 is 31.9 Å². The molecule has 1 saturated carbocycles. The van der Waals surface area contributed by atoms with E-state index in [0.717, 1.165) is 28.2 Å². The fraction of sp³-hybridized carbons (Fsp3) is 0.364. The van der Waals surface area contributed by atoms with Crippen molar-refractivity contribution in [2.75, 3.05) is 0 Å². The lowest BCUT2D eigenvalue weighted by atomic mass is 9.78. The lowest BCUT2D eigenvalue weighted by molar-refractivity contribution is 0.181. The first kappa shape index (κ1) is 12.3. The number of aromatic nitrogens is 3. The minimum atomic E-state index is -0.437. The molecule has 1 fully saturated rings. The highest BCUT2D eigenvalue weighted by atomic mass is 79.9. The summed E-state index contributed by atoms with van der Waals surface area (Å²) in [6.07, 6.45) is 4.58. The number of nitrogens with two attached hydrogens (primary N) is 1. The maximum absolute atomic E-state index is 6.14. The van der Waals surface area contributed by atoms with Crippen molar-refractivity contribution >= 4 is 31.9 Å². The van der Waals surface area contributed by atoms with Crippen LogP contribution in [0.1, 0.15) is 25.2 Å². The van der Waals surface area contributed by atoms with Crippen molar-refractivity contribution in [2.45, 2.75) is 24.8 Å². The Hall–Kier alpha value is -0.790. The topological polar surface area (TPSA) is 77.8 Å². The third-order valence-corrected chi connectivity index (χ3v) is 4.16. The highest BCUT2D eigenvalue weighted by Gasteiger charge is 2.40. The molecule has 0 amide bonds. The lowest BCUT2D eigenvalue weighted by Gasteiger charge is -2.33. The van der Waals surface area contributed by atoms with E-state index in [1.165, 1.54) is 0 Å². The smallest absolute Gasteiger partial charge is 0.247 e. The Morgan fingerprint density at radius 2 is 2.11 bits per heavy atom. The third kappa shape index (κ3) is 2.00. The van der Waals surface area contributed by atoms with E-state index in [2.05, 4.69) is 47.0 Å². The van der Waals surface area contributed by atoms with Crippen molar-refractivity contribution in [1.29, 1.82) is 0 Å². The number of nitrogens with zero attached hydrogens (tertiary/aromatic N) is 3. The Kier molecular flexibility index (Phi) is 2.99. The van der Waals surface area contributed by atoms with E-state index >= 15 is 0 Å². The van der Waals surface area contributed by atoms with E-state index in [4.69, 9.17) is 10.3 Å². The molecule has 3 rings (SSSR count). The molecule has 1 aliphatic carbocycles. The first-order chi connectivity index (χ1) is 8.58. The van der Waals surface area contributed by atoms with Crippen molar-refractivity contribution in [3.05, 3.63) is 27.1 Å². The van der Waals surface area contributed by atoms with Crippen LogP contribution in [-0.4, -0.2) is 15.1 Å². The van der Waals surface area contributed by atoms with Crippen molar-refractivity contribution < 1.29 is 4.52 Å². The van der Waals surface area contributed by atoms with Gasteiger partial charge in [0.05, 0.1) is 5.54 Å². The zero-order valence-corrected chi connectivity index (χ0v) is 12.5. The fourth-order valence-corrected chi connectivity index (χ4v) is 3.04. The summed E-state index contributed by atoms with van der Waals surface area (Å²) in [5, 5.41) is 3.95. The molecule has 0 unspecified atom stereocenters. The Bertz CT molecular complexity index is 594. The average Bonchev–Trinajstić information content (AvgIpc) is 2.75. The van der Waals surface area contributed by atoms with Crippen LogP contribution in [-0.2, 0) is 5.54 Å². The van der Waals surface area contributed by atoms with Gasteiger partial charge in [0.15, 0.2) is 0 Å². The molecule has 0 atom stereocenters. The van der Waals surface area contributed by atoms with Gasteiger partial charge >= 0.3 is 0 Å². The molecule has 0 bridgehead atoms. The van der Waals surface area contributed by atoms with Gasteiger partial charge in [0, 0.05) is 15.1 Å². The molecule has 2 aromatic rings. The van der Waals surface area contributed by atoms with Gasteiger partial charge in [-0.05, 0) is 57.2 Å². The molecule has 5 nitrogen and oxygen atoms in total. The van der Waals surface area contributed by atoms with Crippen molar-refractivity contribution in [2.24, 2.45) is 5.73 Å². The molecule has 2 aromatic heterocycles. The first-order valence-electron chi connectivity index (χ1n) is 5.53. The highest BCUT2D eigenvalue weighted by Crippen LogP contribution is 2.38. The van der Waals surface area contributed by atoms with Gasteiger partial charge in [0.25, 0.3) is 0 Å². The van der Waals surface area contributed by atoms with Crippen LogP contribution in [0.3, 0.4) is 0 Å². The van der Waals surface area contributed by atoms with Gasteiger partial charge in [-0.3, -0.25) is 4.98 Å². The van der Waals surface area contributed by atoms with Gasteiger partial charge in [-0.15, -0.1) is 0 Å². The molecule has 7 heteroatoms. The van der Waals surface area contributed by atoms with Crippen LogP contribution in [0.25, 0.3) is 11.5 Å². The molecule has 2 N–H and O–H groups in total. The zero-order valence-electron chi connectivity index (χ0n) is 9.36. The van der Waals surface area contributed by atoms with Gasteiger partial charge in [0.2, 0.25) is 11.7 Å². The number of halogens is 2. The second kappa shape index (κ2) is 4.40. The summed E-state index contributed by atoms with van der Waals surface area (Å²) in [5.41, 5.74) is 6.35. The van der Waals surface area contributed by atoms with E-state index in [-0.39, 0.29) is 0 Å². The van der Waals surface area contributed by atoms with Gasteiger partial charge in [-0.25, -0.2) is 0 Å². The predicted octanol–water partition coefficient (Wildman–Crippen LogP) is 2.99. The molecule has 2 heterocycles. The van der Waals surface area contributed by atoms with E-state index in [1.807, 2.05) is 6.07 Å². The second-order valence-electron chi connectivity index (χ2n) is 4.42. The fourth-order valence-electron chi connectivity index (χ4n) is 1.87. The van der Waals surface area contributed by atoms with Crippen LogP contribution < -0.4 is 5.73 Å². The van der Waals surface area contributed by atoms with E-state index in [9.17, 15) is 0 Å². The van der Waals surface area contributed by atoms with Crippen molar-refractivity contribution in [3.8, 4) is 11.5 Å². The molecule has 0 radical (unpaired) electrons. The number of pyridine rings is 1. The molecule has 0 aliphatic heterocycles. The molecular weight excluding hydrogens is 364 g/mol.